The van der Waals surface area contributed by atoms with Crippen LogP contribution in [0, 0.1) is 0 Å². The number of alkyl halides is 2. The number of ether oxygens (including phenoxy) is 1. The molecule has 2 N–H and O–H groups in total. The Kier molecular flexibility index (Phi) is 8.06. The summed E-state index contributed by atoms with van der Waals surface area (Å²) in [6.45, 7) is 0.802. The van der Waals surface area contributed by atoms with E-state index in [1.165, 1.54) is 0 Å². The molecule has 3 nitrogen and oxygen atoms in total. The second-order valence-corrected chi connectivity index (χ2v) is 3.40. The van der Waals surface area contributed by atoms with E-state index in [4.69, 9.17) is 14.9 Å². The zero-order chi connectivity index (χ0) is 8.69. The molecule has 0 aliphatic carbocycles. The van der Waals surface area contributed by atoms with Crippen molar-refractivity contribution in [1.82, 2.24) is 0 Å². The van der Waals surface area contributed by atoms with Gasteiger partial charge in [-0.25, -0.2) is 0 Å². The minimum Gasteiger partial charge on any atom is -0.394 e. The number of halogens is 2. The van der Waals surface area contributed by atoms with Crippen molar-refractivity contribution in [2.24, 2.45) is 0 Å². The Morgan fingerprint density at radius 3 is 2.09 bits per heavy atom. The van der Waals surface area contributed by atoms with Crippen molar-refractivity contribution < 1.29 is 14.9 Å². The van der Waals surface area contributed by atoms with Gasteiger partial charge in [0, 0.05) is 10.7 Å². The van der Waals surface area contributed by atoms with Crippen LogP contribution in [0.25, 0.3) is 0 Å². The van der Waals surface area contributed by atoms with Gasteiger partial charge in [-0.15, -0.1) is 0 Å². The van der Waals surface area contributed by atoms with Gasteiger partial charge in [0.25, 0.3) is 0 Å². The van der Waals surface area contributed by atoms with Crippen LogP contribution in [-0.2, 0) is 4.74 Å². The monoisotopic (exact) mass is 290 g/mol. The van der Waals surface area contributed by atoms with Crippen molar-refractivity contribution >= 4 is 31.9 Å². The van der Waals surface area contributed by atoms with Gasteiger partial charge in [-0.2, -0.15) is 0 Å². The Labute approximate surface area is 83.0 Å². The van der Waals surface area contributed by atoms with E-state index in [0.29, 0.717) is 11.4 Å². The van der Waals surface area contributed by atoms with Crippen molar-refractivity contribution in [3.8, 4) is 0 Å². The first kappa shape index (κ1) is 11.8. The van der Waals surface area contributed by atoms with Gasteiger partial charge in [0.15, 0.2) is 0 Å². The van der Waals surface area contributed by atoms with Crippen LogP contribution in [0.5, 0.6) is 0 Å². The molecule has 1 unspecified atom stereocenters. The first-order valence-corrected chi connectivity index (χ1v) is 5.51. The number of epoxide rings is 1. The molecular formula is C6H12Br2O3. The quantitative estimate of drug-likeness (QED) is 0.589. The van der Waals surface area contributed by atoms with Gasteiger partial charge in [-0.3, -0.25) is 0 Å². The molecule has 0 saturated carbocycles. The molecule has 0 aromatic rings. The minimum atomic E-state index is -0.593. The lowest BCUT2D eigenvalue weighted by Crippen LogP contribution is -2.12. The number of hydrogen-bond acceptors (Lipinski definition) is 3. The molecule has 11 heavy (non-hydrogen) atoms. The summed E-state index contributed by atoms with van der Waals surface area (Å²) in [4.78, 5) is 0. The molecule has 1 fully saturated rings. The molecule has 1 aliphatic heterocycles. The van der Waals surface area contributed by atoms with E-state index in [0.717, 1.165) is 11.9 Å². The van der Waals surface area contributed by atoms with Gasteiger partial charge in [0.2, 0.25) is 0 Å². The predicted molar refractivity (Wildman–Crippen MR) is 50.4 cm³/mol. The third kappa shape index (κ3) is 8.75. The predicted octanol–water partition coefficient (Wildman–Crippen LogP) is 0.515. The molecule has 0 radical (unpaired) electrons. The Hall–Kier alpha value is 0.840. The fourth-order valence-electron chi connectivity index (χ4n) is 0.206. The van der Waals surface area contributed by atoms with Gasteiger partial charge in [0.1, 0.15) is 0 Å². The van der Waals surface area contributed by atoms with Crippen LogP contribution in [0.3, 0.4) is 0 Å². The molecule has 1 heterocycles. The normalized spacial score (nSPS) is 23.5. The van der Waals surface area contributed by atoms with Crippen LogP contribution in [0.1, 0.15) is 0 Å². The fourth-order valence-corrected chi connectivity index (χ4v) is 0.784. The van der Waals surface area contributed by atoms with E-state index in [-0.39, 0.29) is 6.61 Å². The van der Waals surface area contributed by atoms with Gasteiger partial charge >= 0.3 is 0 Å². The summed E-state index contributed by atoms with van der Waals surface area (Å²) in [7, 11) is 0. The van der Waals surface area contributed by atoms with E-state index >= 15 is 0 Å². The maximum atomic E-state index is 8.37. The Bertz CT molecular complexity index is 83.9. The van der Waals surface area contributed by atoms with Crippen molar-refractivity contribution in [1.29, 1.82) is 0 Å². The molecular weight excluding hydrogens is 280 g/mol. The SMILES string of the molecule is BrCC1CO1.OC[C@@H](O)CBr. The van der Waals surface area contributed by atoms with Crippen LogP contribution in [0.15, 0.2) is 0 Å². The molecule has 0 aromatic carbocycles. The number of rotatable bonds is 3. The van der Waals surface area contributed by atoms with Crippen LogP contribution < -0.4 is 0 Å². The van der Waals surface area contributed by atoms with Crippen molar-refractivity contribution in [2.75, 3.05) is 23.9 Å². The third-order valence-corrected chi connectivity index (χ3v) is 2.43. The lowest BCUT2D eigenvalue weighted by molar-refractivity contribution is 0.114. The van der Waals surface area contributed by atoms with Gasteiger partial charge in [-0.05, 0) is 0 Å². The van der Waals surface area contributed by atoms with E-state index < -0.39 is 6.10 Å². The second-order valence-electron chi connectivity index (χ2n) is 2.10. The fraction of sp³-hybridized carbons (Fsp3) is 1.00. The van der Waals surface area contributed by atoms with E-state index in [1.54, 1.807) is 0 Å². The van der Waals surface area contributed by atoms with Crippen molar-refractivity contribution in [2.45, 2.75) is 12.2 Å². The van der Waals surface area contributed by atoms with Crippen LogP contribution in [-0.4, -0.2) is 46.3 Å². The van der Waals surface area contributed by atoms with Crippen LogP contribution in [0.4, 0.5) is 0 Å². The molecule has 2 atom stereocenters. The molecule has 1 saturated heterocycles. The average Bonchev–Trinajstić information content (AvgIpc) is 2.86. The first-order chi connectivity index (χ1) is 5.24. The van der Waals surface area contributed by atoms with Crippen molar-refractivity contribution in [3.05, 3.63) is 0 Å². The lowest BCUT2D eigenvalue weighted by atomic mass is 10.5. The Morgan fingerprint density at radius 1 is 1.55 bits per heavy atom. The number of aliphatic hydroxyl groups excluding tert-OH is 2. The molecule has 0 bridgehead atoms. The lowest BCUT2D eigenvalue weighted by Gasteiger charge is -1.96. The maximum absolute atomic E-state index is 8.37. The highest BCUT2D eigenvalue weighted by Gasteiger charge is 2.19. The van der Waals surface area contributed by atoms with Gasteiger partial charge in [0.05, 0.1) is 25.4 Å². The zero-order valence-corrected chi connectivity index (χ0v) is 9.21. The molecule has 0 amide bonds. The van der Waals surface area contributed by atoms with E-state index in [9.17, 15) is 0 Å². The summed E-state index contributed by atoms with van der Waals surface area (Å²) in [6, 6.07) is 0. The molecule has 0 aromatic heterocycles. The largest absolute Gasteiger partial charge is 0.394 e. The third-order valence-electron chi connectivity index (χ3n) is 0.963. The van der Waals surface area contributed by atoms with Crippen LogP contribution >= 0.6 is 31.9 Å². The summed E-state index contributed by atoms with van der Waals surface area (Å²) in [5, 5.41) is 17.9. The highest BCUT2D eigenvalue weighted by Crippen LogP contribution is 2.09. The molecule has 1 aliphatic rings. The van der Waals surface area contributed by atoms with Gasteiger partial charge in [-0.1, -0.05) is 31.9 Å². The molecule has 68 valence electrons. The topological polar surface area (TPSA) is 53.0 Å². The van der Waals surface area contributed by atoms with Crippen LogP contribution in [0.2, 0.25) is 0 Å². The minimum absolute atomic E-state index is 0.161. The van der Waals surface area contributed by atoms with Crippen molar-refractivity contribution in [3.63, 3.8) is 0 Å². The first-order valence-electron chi connectivity index (χ1n) is 3.27. The van der Waals surface area contributed by atoms with E-state index in [1.807, 2.05) is 0 Å². The van der Waals surface area contributed by atoms with E-state index in [2.05, 4.69) is 31.9 Å². The highest BCUT2D eigenvalue weighted by molar-refractivity contribution is 9.09. The summed E-state index contributed by atoms with van der Waals surface area (Å²) in [5.41, 5.74) is 0. The smallest absolute Gasteiger partial charge is 0.0906 e. The molecule has 0 spiro atoms. The Balaban J connectivity index is 0.000000183. The number of aliphatic hydroxyl groups is 2. The molecule has 5 heteroatoms. The maximum Gasteiger partial charge on any atom is 0.0906 e. The Morgan fingerprint density at radius 2 is 2.09 bits per heavy atom. The standard InChI is InChI=1S/C3H7BrO2.C3H5BrO/c4-1-3(6)2-5;4-1-3-2-5-3/h3,5-6H,1-2H2;3H,1-2H2/t3-;/m0./s1. The average molecular weight is 292 g/mol. The van der Waals surface area contributed by atoms with Gasteiger partial charge < -0.3 is 14.9 Å². The number of hydrogen-bond donors (Lipinski definition) is 2. The molecule has 1 rings (SSSR count). The summed E-state index contributed by atoms with van der Waals surface area (Å²) in [5.74, 6) is 0. The second kappa shape index (κ2) is 7.49. The summed E-state index contributed by atoms with van der Waals surface area (Å²) < 4.78 is 4.81. The summed E-state index contributed by atoms with van der Waals surface area (Å²) >= 11 is 6.22. The highest BCUT2D eigenvalue weighted by atomic mass is 79.9. The zero-order valence-electron chi connectivity index (χ0n) is 6.04. The summed E-state index contributed by atoms with van der Waals surface area (Å²) in [6.07, 6.45) is -0.0417.